The molecule has 2 amide bonds. The maximum Gasteiger partial charge on any atom is 0.310 e. The van der Waals surface area contributed by atoms with Crippen LogP contribution in [-0.4, -0.2) is 65.4 Å². The van der Waals surface area contributed by atoms with Crippen LogP contribution >= 0.6 is 0 Å². The molecule has 1 aliphatic rings. The molecule has 1 unspecified atom stereocenters. The molecule has 0 N–H and O–H groups in total. The van der Waals surface area contributed by atoms with Gasteiger partial charge in [-0.15, -0.1) is 0 Å². The highest BCUT2D eigenvalue weighted by molar-refractivity contribution is 5.95. The third-order valence-corrected chi connectivity index (χ3v) is 6.36. The van der Waals surface area contributed by atoms with Gasteiger partial charge in [0.1, 0.15) is 6.54 Å². The second-order valence-corrected chi connectivity index (χ2v) is 8.63. The van der Waals surface area contributed by atoms with Gasteiger partial charge in [0, 0.05) is 30.9 Å². The number of likely N-dealkylation sites (tertiary alicyclic amines) is 1. The van der Waals surface area contributed by atoms with Crippen molar-refractivity contribution in [2.24, 2.45) is 5.92 Å². The van der Waals surface area contributed by atoms with Crippen molar-refractivity contribution < 1.29 is 19.1 Å². The van der Waals surface area contributed by atoms with Gasteiger partial charge < -0.3 is 19.1 Å². The molecule has 34 heavy (non-hydrogen) atoms. The van der Waals surface area contributed by atoms with Gasteiger partial charge in [0.15, 0.2) is 5.43 Å². The molecule has 0 radical (unpaired) electrons. The van der Waals surface area contributed by atoms with Gasteiger partial charge in [-0.25, -0.2) is 0 Å². The number of benzene rings is 2. The SMILES string of the molecule is CCOC(=O)C1CCCN(C(=O)CN(C)C(=O)Cn2c3ccccc3c(=O)c3ccccc32)C1. The normalized spacial score (nSPS) is 15.9. The molecule has 178 valence electrons. The Morgan fingerprint density at radius 2 is 1.65 bits per heavy atom. The predicted octanol–water partition coefficient (Wildman–Crippen LogP) is 2.41. The molecule has 2 heterocycles. The van der Waals surface area contributed by atoms with Crippen molar-refractivity contribution in [3.8, 4) is 0 Å². The Bertz CT molecular complexity index is 1240. The van der Waals surface area contributed by atoms with E-state index in [-0.39, 0.29) is 42.2 Å². The molecule has 3 aromatic rings. The number of aromatic nitrogens is 1. The highest BCUT2D eigenvalue weighted by atomic mass is 16.5. The molecule has 1 aromatic heterocycles. The number of para-hydroxylation sites is 2. The lowest BCUT2D eigenvalue weighted by molar-refractivity contribution is -0.152. The number of nitrogens with zero attached hydrogens (tertiary/aromatic N) is 3. The predicted molar refractivity (Wildman–Crippen MR) is 129 cm³/mol. The molecule has 0 aliphatic carbocycles. The number of fused-ring (bicyclic) bond motifs is 2. The van der Waals surface area contributed by atoms with E-state index in [4.69, 9.17) is 4.74 Å². The number of piperidine rings is 1. The fourth-order valence-corrected chi connectivity index (χ4v) is 4.55. The Labute approximate surface area is 197 Å². The van der Waals surface area contributed by atoms with E-state index < -0.39 is 0 Å². The molecular formula is C26H29N3O5. The van der Waals surface area contributed by atoms with Gasteiger partial charge in [0.05, 0.1) is 30.1 Å². The smallest absolute Gasteiger partial charge is 0.310 e. The van der Waals surface area contributed by atoms with Gasteiger partial charge in [0.25, 0.3) is 0 Å². The average molecular weight is 464 g/mol. The molecule has 8 nitrogen and oxygen atoms in total. The molecule has 0 spiro atoms. The first-order chi connectivity index (χ1) is 16.4. The lowest BCUT2D eigenvalue weighted by atomic mass is 9.98. The second-order valence-electron chi connectivity index (χ2n) is 8.63. The molecule has 2 aromatic carbocycles. The van der Waals surface area contributed by atoms with Gasteiger partial charge in [0.2, 0.25) is 11.8 Å². The van der Waals surface area contributed by atoms with Crippen LogP contribution in [0.5, 0.6) is 0 Å². The standard InChI is InChI=1S/C26H29N3O5/c1-3-34-26(33)18-9-8-14-28(15-18)24(31)16-27(2)23(30)17-29-21-12-6-4-10-19(21)25(32)20-11-5-7-13-22(20)29/h4-7,10-13,18H,3,8-9,14-17H2,1-2H3. The Morgan fingerprint density at radius 3 is 2.26 bits per heavy atom. The van der Waals surface area contributed by atoms with Crippen molar-refractivity contribution in [3.05, 3.63) is 58.8 Å². The highest BCUT2D eigenvalue weighted by Crippen LogP contribution is 2.20. The fraction of sp³-hybridized carbons (Fsp3) is 0.385. The van der Waals surface area contributed by atoms with Crippen LogP contribution in [0.4, 0.5) is 0 Å². The Morgan fingerprint density at radius 1 is 1.03 bits per heavy atom. The number of esters is 1. The summed E-state index contributed by atoms with van der Waals surface area (Å²) in [6.45, 7) is 2.87. The zero-order valence-corrected chi connectivity index (χ0v) is 19.5. The fourth-order valence-electron chi connectivity index (χ4n) is 4.55. The van der Waals surface area contributed by atoms with Crippen LogP contribution in [0.2, 0.25) is 0 Å². The summed E-state index contributed by atoms with van der Waals surface area (Å²) in [5, 5.41) is 1.09. The number of carbonyl (C=O) groups is 3. The van der Waals surface area contributed by atoms with Crippen molar-refractivity contribution in [1.82, 2.24) is 14.4 Å². The minimum absolute atomic E-state index is 0.00343. The van der Waals surface area contributed by atoms with Crippen LogP contribution in [0.1, 0.15) is 19.8 Å². The van der Waals surface area contributed by atoms with Gasteiger partial charge in [-0.05, 0) is 44.0 Å². The van der Waals surface area contributed by atoms with E-state index >= 15 is 0 Å². The summed E-state index contributed by atoms with van der Waals surface area (Å²) in [6, 6.07) is 14.4. The number of hydrogen-bond donors (Lipinski definition) is 0. The van der Waals surface area contributed by atoms with Gasteiger partial charge in [-0.3, -0.25) is 19.2 Å². The van der Waals surface area contributed by atoms with E-state index in [1.54, 1.807) is 43.1 Å². The van der Waals surface area contributed by atoms with Gasteiger partial charge >= 0.3 is 5.97 Å². The van der Waals surface area contributed by atoms with E-state index in [0.717, 1.165) is 6.42 Å². The summed E-state index contributed by atoms with van der Waals surface area (Å²) in [5.41, 5.74) is 1.28. The summed E-state index contributed by atoms with van der Waals surface area (Å²) >= 11 is 0. The molecular weight excluding hydrogens is 434 g/mol. The number of likely N-dealkylation sites (N-methyl/N-ethyl adjacent to an activating group) is 1. The van der Waals surface area contributed by atoms with Crippen molar-refractivity contribution in [3.63, 3.8) is 0 Å². The molecule has 1 aliphatic heterocycles. The van der Waals surface area contributed by atoms with Crippen molar-refractivity contribution in [2.45, 2.75) is 26.3 Å². The number of pyridine rings is 1. The summed E-state index contributed by atoms with van der Waals surface area (Å²) in [4.78, 5) is 54.1. The van der Waals surface area contributed by atoms with Crippen molar-refractivity contribution in [1.29, 1.82) is 0 Å². The number of hydrogen-bond acceptors (Lipinski definition) is 5. The van der Waals surface area contributed by atoms with Gasteiger partial charge in [-0.2, -0.15) is 0 Å². The summed E-state index contributed by atoms with van der Waals surface area (Å²) in [6.07, 6.45) is 1.42. The highest BCUT2D eigenvalue weighted by Gasteiger charge is 2.30. The monoisotopic (exact) mass is 463 g/mol. The molecule has 0 saturated carbocycles. The van der Waals surface area contributed by atoms with E-state index in [2.05, 4.69) is 0 Å². The van der Waals surface area contributed by atoms with Crippen LogP contribution in [0.3, 0.4) is 0 Å². The number of carbonyl (C=O) groups excluding carboxylic acids is 3. The summed E-state index contributed by atoms with van der Waals surface area (Å²) in [5.74, 6) is -1.04. The maximum absolute atomic E-state index is 13.1. The van der Waals surface area contributed by atoms with E-state index in [0.29, 0.717) is 47.9 Å². The zero-order valence-electron chi connectivity index (χ0n) is 19.5. The topological polar surface area (TPSA) is 88.9 Å². The summed E-state index contributed by atoms with van der Waals surface area (Å²) in [7, 11) is 1.60. The number of rotatable bonds is 6. The molecule has 4 rings (SSSR count). The van der Waals surface area contributed by atoms with Crippen LogP contribution in [0.15, 0.2) is 53.3 Å². The Hall–Kier alpha value is -3.68. The first kappa shape index (κ1) is 23.5. The molecule has 8 heteroatoms. The Balaban J connectivity index is 1.51. The van der Waals surface area contributed by atoms with E-state index in [9.17, 15) is 19.2 Å². The van der Waals surface area contributed by atoms with Crippen molar-refractivity contribution in [2.75, 3.05) is 33.3 Å². The molecule has 1 atom stereocenters. The Kier molecular flexibility index (Phi) is 6.95. The quantitative estimate of drug-likeness (QED) is 0.414. The third-order valence-electron chi connectivity index (χ3n) is 6.36. The second kappa shape index (κ2) is 10.1. The summed E-state index contributed by atoms with van der Waals surface area (Å²) < 4.78 is 6.93. The van der Waals surface area contributed by atoms with Gasteiger partial charge in [-0.1, -0.05) is 24.3 Å². The van der Waals surface area contributed by atoms with Crippen LogP contribution in [0.25, 0.3) is 21.8 Å². The number of ether oxygens (including phenoxy) is 1. The minimum Gasteiger partial charge on any atom is -0.466 e. The first-order valence-electron chi connectivity index (χ1n) is 11.6. The third kappa shape index (κ3) is 4.66. The van der Waals surface area contributed by atoms with Crippen molar-refractivity contribution >= 4 is 39.6 Å². The minimum atomic E-state index is -0.322. The van der Waals surface area contributed by atoms with E-state index in [1.165, 1.54) is 4.90 Å². The zero-order chi connectivity index (χ0) is 24.2. The molecule has 1 saturated heterocycles. The van der Waals surface area contributed by atoms with Crippen LogP contribution in [0, 0.1) is 5.92 Å². The van der Waals surface area contributed by atoms with Crippen LogP contribution in [-0.2, 0) is 25.7 Å². The first-order valence-corrected chi connectivity index (χ1v) is 11.6. The maximum atomic E-state index is 13.1. The lowest BCUT2D eigenvalue weighted by Gasteiger charge is -2.32. The largest absolute Gasteiger partial charge is 0.466 e. The van der Waals surface area contributed by atoms with E-state index in [1.807, 2.05) is 28.8 Å². The number of amides is 2. The average Bonchev–Trinajstić information content (AvgIpc) is 2.86. The lowest BCUT2D eigenvalue weighted by Crippen LogP contribution is -2.47. The molecule has 0 bridgehead atoms. The van der Waals surface area contributed by atoms with Crippen LogP contribution < -0.4 is 5.43 Å². The molecule has 1 fully saturated rings.